The maximum atomic E-state index is 11.9. The number of carbonyl (C=O) groups excluding carboxylic acids is 2. The fourth-order valence-corrected chi connectivity index (χ4v) is 1.51. The van der Waals surface area contributed by atoms with Crippen molar-refractivity contribution in [2.75, 3.05) is 0 Å². The van der Waals surface area contributed by atoms with Crippen molar-refractivity contribution in [1.82, 2.24) is 10.6 Å². The lowest BCUT2D eigenvalue weighted by atomic mass is 10.2. The molecule has 8 nitrogen and oxygen atoms in total. The predicted octanol–water partition coefficient (Wildman–Crippen LogP) is 2.06. The first-order valence-electron chi connectivity index (χ1n) is 5.73. The van der Waals surface area contributed by atoms with E-state index in [4.69, 9.17) is 17.1 Å². The summed E-state index contributed by atoms with van der Waals surface area (Å²) in [4.78, 5) is 33.5. The van der Waals surface area contributed by atoms with Crippen molar-refractivity contribution in [3.05, 3.63) is 51.3 Å². The summed E-state index contributed by atoms with van der Waals surface area (Å²) in [6, 6.07) is 6.73. The maximum Gasteiger partial charge on any atom is 0.272 e. The van der Waals surface area contributed by atoms with Crippen molar-refractivity contribution in [2.24, 2.45) is 10.3 Å². The number of hydrogen-bond acceptors (Lipinski definition) is 6. The van der Waals surface area contributed by atoms with E-state index in [2.05, 4.69) is 20.9 Å². The van der Waals surface area contributed by atoms with E-state index in [9.17, 15) is 14.5 Å². The van der Waals surface area contributed by atoms with Gasteiger partial charge >= 0.3 is 0 Å². The number of amides is 2. The largest absolute Gasteiger partial charge is 0.347 e. The molecule has 0 aliphatic rings. The lowest BCUT2D eigenvalue weighted by Crippen LogP contribution is -2.34. The van der Waals surface area contributed by atoms with Crippen LogP contribution in [0.5, 0.6) is 0 Å². The van der Waals surface area contributed by atoms with E-state index < -0.39 is 23.3 Å². The van der Waals surface area contributed by atoms with Gasteiger partial charge in [0.2, 0.25) is 11.7 Å². The Morgan fingerprint density at radius 2 is 1.90 bits per heavy atom. The van der Waals surface area contributed by atoms with Gasteiger partial charge < -0.3 is 10.6 Å². The summed E-state index contributed by atoms with van der Waals surface area (Å²) in [5.74, 6) is -2.07. The molecule has 0 unspecified atom stereocenters. The summed E-state index contributed by atoms with van der Waals surface area (Å²) in [5.41, 5.74) is 7.07. The van der Waals surface area contributed by atoms with Crippen LogP contribution in [0.4, 0.5) is 0 Å². The number of nitrogens with zero attached hydrogens (tertiary/aromatic N) is 2. The van der Waals surface area contributed by atoms with Crippen LogP contribution in [0.3, 0.4) is 0 Å². The van der Waals surface area contributed by atoms with Crippen LogP contribution in [-0.4, -0.2) is 11.8 Å². The second-order valence-electron chi connectivity index (χ2n) is 3.89. The number of nitrogens with one attached hydrogen (secondary N) is 3. The Kier molecular flexibility index (Phi) is 6.15. The Balaban J connectivity index is 2.84. The van der Waals surface area contributed by atoms with Crippen LogP contribution in [0, 0.1) is 10.4 Å². The molecule has 1 aromatic carbocycles. The second kappa shape index (κ2) is 7.85. The molecule has 0 aliphatic heterocycles. The Morgan fingerprint density at radius 1 is 1.29 bits per heavy atom. The monoisotopic (exact) mass is 309 g/mol. The van der Waals surface area contributed by atoms with Crippen LogP contribution in [0.2, 0.25) is 5.02 Å². The molecule has 2 amide bonds. The molecule has 0 aromatic heterocycles. The van der Waals surface area contributed by atoms with E-state index in [1.165, 1.54) is 0 Å². The second-order valence-corrected chi connectivity index (χ2v) is 4.33. The number of benzene rings is 1. The van der Waals surface area contributed by atoms with E-state index in [0.717, 1.165) is 12.5 Å². The van der Waals surface area contributed by atoms with Gasteiger partial charge in [-0.1, -0.05) is 23.7 Å². The summed E-state index contributed by atoms with van der Waals surface area (Å²) in [7, 11) is 0. The topological polar surface area (TPSA) is 124 Å². The molecular weight excluding hydrogens is 298 g/mol. The number of hydrogen-bond donors (Lipinski definition) is 3. The van der Waals surface area contributed by atoms with E-state index >= 15 is 0 Å². The lowest BCUT2D eigenvalue weighted by molar-refractivity contribution is -0.122. The first-order chi connectivity index (χ1) is 9.97. The zero-order valence-electron chi connectivity index (χ0n) is 11.0. The van der Waals surface area contributed by atoms with E-state index in [0.29, 0.717) is 5.02 Å². The molecule has 0 bridgehead atoms. The molecular formula is C12H12ClN5O3. The molecule has 0 aliphatic carbocycles. The predicted molar refractivity (Wildman–Crippen MR) is 75.1 cm³/mol. The Labute approximate surface area is 125 Å². The first-order valence-corrected chi connectivity index (χ1v) is 6.11. The van der Waals surface area contributed by atoms with Crippen LogP contribution in [0.15, 0.2) is 46.1 Å². The summed E-state index contributed by atoms with van der Waals surface area (Å²) in [6.45, 7) is 1.29. The Hall–Kier alpha value is -2.61. The van der Waals surface area contributed by atoms with Crippen molar-refractivity contribution in [2.45, 2.75) is 13.5 Å². The third kappa shape index (κ3) is 5.11. The minimum absolute atomic E-state index is 0.142. The normalized spacial score (nSPS) is 11.1. The Morgan fingerprint density at radius 3 is 2.38 bits per heavy atom. The molecule has 21 heavy (non-hydrogen) atoms. The minimum Gasteiger partial charge on any atom is -0.347 e. The molecule has 0 atom stereocenters. The van der Waals surface area contributed by atoms with Crippen molar-refractivity contribution in [3.63, 3.8) is 0 Å². The van der Waals surface area contributed by atoms with E-state index in [1.54, 1.807) is 24.3 Å². The van der Waals surface area contributed by atoms with Crippen LogP contribution >= 0.6 is 11.6 Å². The van der Waals surface area contributed by atoms with Crippen molar-refractivity contribution in [1.29, 1.82) is 5.53 Å². The van der Waals surface area contributed by atoms with Gasteiger partial charge in [-0.05, 0) is 22.9 Å². The van der Waals surface area contributed by atoms with Gasteiger partial charge in [-0.25, -0.2) is 5.53 Å². The van der Waals surface area contributed by atoms with Gasteiger partial charge in [0.05, 0.1) is 0 Å². The molecule has 0 saturated heterocycles. The maximum absolute atomic E-state index is 11.9. The highest BCUT2D eigenvalue weighted by atomic mass is 35.5. The highest BCUT2D eigenvalue weighted by Crippen LogP contribution is 2.10. The zero-order valence-corrected chi connectivity index (χ0v) is 11.8. The van der Waals surface area contributed by atoms with Gasteiger partial charge in [0.15, 0.2) is 5.70 Å². The molecule has 0 spiro atoms. The Bertz CT molecular complexity index is 587. The highest BCUT2D eigenvalue weighted by Gasteiger charge is 2.17. The SMILES string of the molecule is CC(=O)N/C(C(=O)NCc1ccc(Cl)cc1)=C(/N=N)N=O. The molecule has 1 aromatic rings. The molecule has 0 radical (unpaired) electrons. The van der Waals surface area contributed by atoms with Gasteiger partial charge in [0.1, 0.15) is 0 Å². The van der Waals surface area contributed by atoms with E-state index in [-0.39, 0.29) is 6.54 Å². The molecule has 1 rings (SSSR count). The molecule has 0 saturated carbocycles. The van der Waals surface area contributed by atoms with Crippen LogP contribution in [-0.2, 0) is 16.1 Å². The van der Waals surface area contributed by atoms with Gasteiger partial charge in [0, 0.05) is 18.5 Å². The van der Waals surface area contributed by atoms with Crippen LogP contribution in [0.1, 0.15) is 12.5 Å². The highest BCUT2D eigenvalue weighted by molar-refractivity contribution is 6.30. The molecule has 3 N–H and O–H groups in total. The fourth-order valence-electron chi connectivity index (χ4n) is 1.39. The van der Waals surface area contributed by atoms with Crippen molar-refractivity contribution < 1.29 is 9.59 Å². The number of carbonyl (C=O) groups is 2. The average Bonchev–Trinajstić information content (AvgIpc) is 2.46. The molecule has 0 heterocycles. The van der Waals surface area contributed by atoms with Gasteiger partial charge in [0.25, 0.3) is 5.91 Å². The third-order valence-corrected chi connectivity index (χ3v) is 2.56. The molecule has 110 valence electrons. The van der Waals surface area contributed by atoms with Gasteiger partial charge in [-0.3, -0.25) is 9.59 Å². The third-order valence-electron chi connectivity index (χ3n) is 2.31. The fraction of sp³-hybridized carbons (Fsp3) is 0.167. The standard InChI is InChI=1S/C12H12ClN5O3/c1-7(19)16-10(11(17-14)18-21)12(20)15-6-8-2-4-9(13)5-3-8/h2-5,14H,6H2,1H3,(H,15,20)(H,16,19)/b11-10-,17-14?. The van der Waals surface area contributed by atoms with Crippen LogP contribution < -0.4 is 10.6 Å². The summed E-state index contributed by atoms with van der Waals surface area (Å²) in [5, 5.41) is 10.4. The van der Waals surface area contributed by atoms with E-state index in [1.807, 2.05) is 0 Å². The van der Waals surface area contributed by atoms with Gasteiger partial charge in [-0.15, -0.1) is 10.0 Å². The number of rotatable bonds is 6. The molecule has 9 heteroatoms. The number of nitroso groups, excluding NO2 is 1. The lowest BCUT2D eigenvalue weighted by Gasteiger charge is -2.09. The smallest absolute Gasteiger partial charge is 0.272 e. The van der Waals surface area contributed by atoms with Crippen molar-refractivity contribution in [3.8, 4) is 0 Å². The van der Waals surface area contributed by atoms with Crippen molar-refractivity contribution >= 4 is 23.4 Å². The summed E-state index contributed by atoms with van der Waals surface area (Å²) in [6.07, 6.45) is 0. The zero-order chi connectivity index (χ0) is 15.8. The number of halogens is 1. The average molecular weight is 310 g/mol. The summed E-state index contributed by atoms with van der Waals surface area (Å²) >= 11 is 5.74. The molecule has 0 fully saturated rings. The first kappa shape index (κ1) is 16.4. The van der Waals surface area contributed by atoms with Gasteiger partial charge in [-0.2, -0.15) is 0 Å². The summed E-state index contributed by atoms with van der Waals surface area (Å²) < 4.78 is 0. The quantitative estimate of drug-likeness (QED) is 0.423. The van der Waals surface area contributed by atoms with Crippen LogP contribution in [0.25, 0.3) is 0 Å². The minimum atomic E-state index is -0.772.